The Morgan fingerprint density at radius 1 is 1.25 bits per heavy atom. The molecule has 1 fully saturated rings. The van der Waals surface area contributed by atoms with Gasteiger partial charge in [0, 0.05) is 24.5 Å². The Kier molecular flexibility index (Phi) is 3.76. The number of fused-ring (bicyclic) bond motifs is 1. The molecule has 0 amide bonds. The predicted octanol–water partition coefficient (Wildman–Crippen LogP) is 3.10. The van der Waals surface area contributed by atoms with Crippen LogP contribution in [-0.4, -0.2) is 27.6 Å². The maximum atomic E-state index is 9.53. The third-order valence-electron chi connectivity index (χ3n) is 5.38. The standard InChI is InChI=1S/C19H23N5/c1-13-9-19(16(10-20)14(2)22-13)23-8-7-15(11-23)24-12-21-17-5-3-4-6-18(17)24/h9,12,15H,3-8,11H2,1-2H3/t15-/m1/s1. The van der Waals surface area contributed by atoms with Gasteiger partial charge >= 0.3 is 0 Å². The Hall–Kier alpha value is -2.35. The Morgan fingerprint density at radius 2 is 2.08 bits per heavy atom. The SMILES string of the molecule is Cc1cc(N2CC[C@@H](n3cnc4c3CCCC4)C2)c(C#N)c(C)n1. The van der Waals surface area contributed by atoms with Crippen molar-refractivity contribution in [3.8, 4) is 6.07 Å². The molecule has 4 rings (SSSR count). The molecule has 0 aromatic carbocycles. The number of hydrogen-bond acceptors (Lipinski definition) is 4. The number of rotatable bonds is 2. The van der Waals surface area contributed by atoms with E-state index >= 15 is 0 Å². The number of nitrogens with zero attached hydrogens (tertiary/aromatic N) is 5. The molecule has 0 bridgehead atoms. The highest BCUT2D eigenvalue weighted by Gasteiger charge is 2.29. The van der Waals surface area contributed by atoms with E-state index in [1.807, 2.05) is 20.2 Å². The number of imidazole rings is 1. The molecule has 1 aliphatic carbocycles. The van der Waals surface area contributed by atoms with Crippen molar-refractivity contribution >= 4 is 5.69 Å². The summed E-state index contributed by atoms with van der Waals surface area (Å²) in [5, 5.41) is 9.53. The van der Waals surface area contributed by atoms with Crippen LogP contribution in [-0.2, 0) is 12.8 Å². The molecule has 0 unspecified atom stereocenters. The first kappa shape index (κ1) is 15.2. The van der Waals surface area contributed by atoms with Crippen LogP contribution in [0.4, 0.5) is 5.69 Å². The average Bonchev–Trinajstić information content (AvgIpc) is 3.20. The molecule has 0 radical (unpaired) electrons. The van der Waals surface area contributed by atoms with Crippen molar-refractivity contribution in [2.75, 3.05) is 18.0 Å². The van der Waals surface area contributed by atoms with Gasteiger partial charge in [0.1, 0.15) is 6.07 Å². The molecule has 2 aromatic rings. The molecule has 1 atom stereocenters. The van der Waals surface area contributed by atoms with E-state index < -0.39 is 0 Å². The third-order valence-corrected chi connectivity index (χ3v) is 5.38. The highest BCUT2D eigenvalue weighted by Crippen LogP contribution is 2.33. The highest BCUT2D eigenvalue weighted by molar-refractivity contribution is 5.62. The topological polar surface area (TPSA) is 57.7 Å². The first-order chi connectivity index (χ1) is 11.7. The van der Waals surface area contributed by atoms with E-state index in [0.717, 1.165) is 49.4 Å². The number of nitriles is 1. The van der Waals surface area contributed by atoms with Crippen molar-refractivity contribution in [3.05, 3.63) is 40.7 Å². The lowest BCUT2D eigenvalue weighted by Gasteiger charge is -2.23. The fourth-order valence-electron chi connectivity index (χ4n) is 4.19. The summed E-state index contributed by atoms with van der Waals surface area (Å²) in [6, 6.07) is 4.86. The fraction of sp³-hybridized carbons (Fsp3) is 0.526. The van der Waals surface area contributed by atoms with Crippen molar-refractivity contribution in [2.45, 2.75) is 52.0 Å². The van der Waals surface area contributed by atoms with Gasteiger partial charge in [-0.25, -0.2) is 4.98 Å². The minimum Gasteiger partial charge on any atom is -0.368 e. The van der Waals surface area contributed by atoms with Crippen LogP contribution in [0, 0.1) is 25.2 Å². The van der Waals surface area contributed by atoms with Crippen molar-refractivity contribution in [3.63, 3.8) is 0 Å². The van der Waals surface area contributed by atoms with E-state index in [0.29, 0.717) is 11.6 Å². The van der Waals surface area contributed by atoms with Gasteiger partial charge in [0.05, 0.1) is 35.0 Å². The second-order valence-corrected chi connectivity index (χ2v) is 7.00. The summed E-state index contributed by atoms with van der Waals surface area (Å²) in [6.45, 7) is 5.85. The number of hydrogen-bond donors (Lipinski definition) is 0. The Bertz CT molecular complexity index is 814. The largest absolute Gasteiger partial charge is 0.368 e. The Labute approximate surface area is 143 Å². The smallest absolute Gasteiger partial charge is 0.103 e. The van der Waals surface area contributed by atoms with E-state index in [1.54, 1.807) is 0 Å². The van der Waals surface area contributed by atoms with Crippen LogP contribution >= 0.6 is 0 Å². The van der Waals surface area contributed by atoms with Crippen LogP contribution < -0.4 is 4.90 Å². The summed E-state index contributed by atoms with van der Waals surface area (Å²) in [7, 11) is 0. The lowest BCUT2D eigenvalue weighted by Crippen LogP contribution is -2.23. The van der Waals surface area contributed by atoms with E-state index in [9.17, 15) is 5.26 Å². The van der Waals surface area contributed by atoms with Crippen LogP contribution in [0.3, 0.4) is 0 Å². The van der Waals surface area contributed by atoms with Crippen LogP contribution in [0.15, 0.2) is 12.4 Å². The first-order valence-corrected chi connectivity index (χ1v) is 8.85. The molecular weight excluding hydrogens is 298 g/mol. The van der Waals surface area contributed by atoms with Crippen molar-refractivity contribution in [1.29, 1.82) is 5.26 Å². The summed E-state index contributed by atoms with van der Waals surface area (Å²) in [5.74, 6) is 0. The Balaban J connectivity index is 1.62. The normalized spacial score (nSPS) is 20.0. The summed E-state index contributed by atoms with van der Waals surface area (Å²) >= 11 is 0. The second kappa shape index (κ2) is 5.94. The van der Waals surface area contributed by atoms with Gasteiger partial charge in [0.25, 0.3) is 0 Å². The van der Waals surface area contributed by atoms with Gasteiger partial charge in [-0.15, -0.1) is 0 Å². The maximum absolute atomic E-state index is 9.53. The van der Waals surface area contributed by atoms with Gasteiger partial charge in [-0.2, -0.15) is 5.26 Å². The molecule has 5 nitrogen and oxygen atoms in total. The molecule has 5 heteroatoms. The van der Waals surface area contributed by atoms with Crippen molar-refractivity contribution in [2.24, 2.45) is 0 Å². The summed E-state index contributed by atoms with van der Waals surface area (Å²) < 4.78 is 2.40. The zero-order chi connectivity index (χ0) is 16.7. The molecule has 1 aliphatic heterocycles. The molecule has 24 heavy (non-hydrogen) atoms. The third kappa shape index (κ3) is 2.47. The molecule has 3 heterocycles. The predicted molar refractivity (Wildman–Crippen MR) is 93.2 cm³/mol. The monoisotopic (exact) mass is 321 g/mol. The first-order valence-electron chi connectivity index (χ1n) is 8.85. The molecule has 1 saturated heterocycles. The molecule has 124 valence electrons. The van der Waals surface area contributed by atoms with E-state index in [-0.39, 0.29) is 0 Å². The lowest BCUT2D eigenvalue weighted by molar-refractivity contribution is 0.515. The van der Waals surface area contributed by atoms with Crippen molar-refractivity contribution < 1.29 is 0 Å². The molecule has 0 spiro atoms. The number of aryl methyl sites for hydroxylation is 3. The van der Waals surface area contributed by atoms with Crippen molar-refractivity contribution in [1.82, 2.24) is 14.5 Å². The minimum absolute atomic E-state index is 0.458. The number of anilines is 1. The van der Waals surface area contributed by atoms with Gasteiger partial charge in [-0.1, -0.05) is 0 Å². The molecule has 0 saturated carbocycles. The van der Waals surface area contributed by atoms with Gasteiger partial charge in [-0.05, 0) is 52.0 Å². The van der Waals surface area contributed by atoms with Gasteiger partial charge < -0.3 is 9.47 Å². The average molecular weight is 321 g/mol. The maximum Gasteiger partial charge on any atom is 0.103 e. The summed E-state index contributed by atoms with van der Waals surface area (Å²) in [6.07, 6.45) is 7.97. The fourth-order valence-corrected chi connectivity index (χ4v) is 4.19. The minimum atomic E-state index is 0.458. The van der Waals surface area contributed by atoms with E-state index in [1.165, 1.54) is 24.2 Å². The lowest BCUT2D eigenvalue weighted by atomic mass is 10.0. The quantitative estimate of drug-likeness (QED) is 0.853. The summed E-state index contributed by atoms with van der Waals surface area (Å²) in [5.41, 5.74) is 6.30. The summed E-state index contributed by atoms with van der Waals surface area (Å²) in [4.78, 5) is 11.4. The second-order valence-electron chi connectivity index (χ2n) is 7.00. The van der Waals surface area contributed by atoms with Crippen LogP contribution in [0.1, 0.15) is 53.6 Å². The molecule has 2 aliphatic rings. The van der Waals surface area contributed by atoms with Gasteiger partial charge in [-0.3, -0.25) is 4.98 Å². The van der Waals surface area contributed by atoms with Gasteiger partial charge in [0.15, 0.2) is 0 Å². The zero-order valence-electron chi connectivity index (χ0n) is 14.4. The molecule has 2 aromatic heterocycles. The molecule has 0 N–H and O–H groups in total. The van der Waals surface area contributed by atoms with E-state index in [4.69, 9.17) is 0 Å². The number of aromatic nitrogens is 3. The molecular formula is C19H23N5. The van der Waals surface area contributed by atoms with Crippen LogP contribution in [0.25, 0.3) is 0 Å². The van der Waals surface area contributed by atoms with Gasteiger partial charge in [0.2, 0.25) is 0 Å². The zero-order valence-corrected chi connectivity index (χ0v) is 14.4. The van der Waals surface area contributed by atoms with Crippen LogP contribution in [0.5, 0.6) is 0 Å². The van der Waals surface area contributed by atoms with Crippen LogP contribution in [0.2, 0.25) is 0 Å². The van der Waals surface area contributed by atoms with E-state index in [2.05, 4.69) is 31.6 Å². The Morgan fingerprint density at radius 3 is 2.92 bits per heavy atom. The number of pyridine rings is 1. The highest BCUT2D eigenvalue weighted by atomic mass is 15.2.